The van der Waals surface area contributed by atoms with Crippen LogP contribution in [0.2, 0.25) is 0 Å². The number of amidine groups is 1. The zero-order valence-corrected chi connectivity index (χ0v) is 20.7. The molecule has 0 bridgehead atoms. The number of allylic oxidation sites excluding steroid dienone is 1. The summed E-state index contributed by atoms with van der Waals surface area (Å²) in [5, 5.41) is 10.1. The van der Waals surface area contributed by atoms with Crippen molar-refractivity contribution >= 4 is 28.9 Å². The largest absolute Gasteiger partial charge is 0.490 e. The van der Waals surface area contributed by atoms with Crippen molar-refractivity contribution in [1.82, 2.24) is 4.90 Å². The highest BCUT2D eigenvalue weighted by Crippen LogP contribution is 2.38. The van der Waals surface area contributed by atoms with Gasteiger partial charge in [0.05, 0.1) is 23.1 Å². The zero-order valence-electron chi connectivity index (χ0n) is 19.8. The van der Waals surface area contributed by atoms with E-state index in [9.17, 15) is 10.1 Å². The van der Waals surface area contributed by atoms with Crippen LogP contribution >= 0.6 is 11.8 Å². The van der Waals surface area contributed by atoms with Crippen LogP contribution < -0.4 is 9.47 Å². The zero-order chi connectivity index (χ0) is 24.5. The quantitative estimate of drug-likeness (QED) is 0.331. The maximum absolute atomic E-state index is 12.9. The van der Waals surface area contributed by atoms with Gasteiger partial charge in [-0.3, -0.25) is 14.7 Å². The van der Waals surface area contributed by atoms with Crippen molar-refractivity contribution in [3.8, 4) is 17.6 Å². The summed E-state index contributed by atoms with van der Waals surface area (Å²) in [6.45, 7) is 11.6. The first kappa shape index (κ1) is 25.1. The number of rotatable bonds is 10. The molecule has 1 aliphatic rings. The van der Waals surface area contributed by atoms with Gasteiger partial charge in [-0.15, -0.1) is 6.58 Å². The fourth-order valence-electron chi connectivity index (χ4n) is 3.60. The predicted octanol–water partition coefficient (Wildman–Crippen LogP) is 5.58. The Labute approximate surface area is 205 Å². The van der Waals surface area contributed by atoms with Crippen LogP contribution in [-0.4, -0.2) is 35.7 Å². The molecule has 0 spiro atoms. The minimum atomic E-state index is -0.0450. The van der Waals surface area contributed by atoms with E-state index in [4.69, 9.17) is 9.47 Å². The number of hydrogen-bond acceptors (Lipinski definition) is 6. The minimum Gasteiger partial charge on any atom is -0.490 e. The summed E-state index contributed by atoms with van der Waals surface area (Å²) in [6.07, 6.45) is 4.24. The molecule has 3 rings (SSSR count). The molecule has 1 amide bonds. The second-order valence-corrected chi connectivity index (χ2v) is 8.42. The van der Waals surface area contributed by atoms with E-state index in [-0.39, 0.29) is 12.5 Å². The van der Waals surface area contributed by atoms with Crippen LogP contribution in [-0.2, 0) is 17.8 Å². The maximum Gasteiger partial charge on any atom is 0.266 e. The second-order valence-electron chi connectivity index (χ2n) is 7.41. The average molecular weight is 476 g/mol. The van der Waals surface area contributed by atoms with Crippen LogP contribution in [0.3, 0.4) is 0 Å². The van der Waals surface area contributed by atoms with Gasteiger partial charge in [0.15, 0.2) is 16.7 Å². The van der Waals surface area contributed by atoms with Gasteiger partial charge in [-0.1, -0.05) is 24.3 Å². The summed E-state index contributed by atoms with van der Waals surface area (Å²) >= 11 is 1.39. The number of likely N-dealkylation sites (N-methyl/N-ethyl adjacent to an activating group) is 1. The van der Waals surface area contributed by atoms with E-state index < -0.39 is 0 Å². The molecule has 176 valence electrons. The Kier molecular flexibility index (Phi) is 8.94. The summed E-state index contributed by atoms with van der Waals surface area (Å²) in [7, 11) is 0. The second kappa shape index (κ2) is 12.1. The topological polar surface area (TPSA) is 74.9 Å². The molecule has 0 radical (unpaired) electrons. The summed E-state index contributed by atoms with van der Waals surface area (Å²) < 4.78 is 12.1. The van der Waals surface area contributed by atoms with Crippen molar-refractivity contribution in [3.63, 3.8) is 0 Å². The highest BCUT2D eigenvalue weighted by molar-refractivity contribution is 8.18. The van der Waals surface area contributed by atoms with Crippen LogP contribution in [0, 0.1) is 11.3 Å². The van der Waals surface area contributed by atoms with Gasteiger partial charge < -0.3 is 9.47 Å². The number of amides is 1. The minimum absolute atomic E-state index is 0.0450. The molecule has 0 unspecified atom stereocenters. The van der Waals surface area contributed by atoms with Crippen LogP contribution in [0.4, 0.5) is 0 Å². The number of nitrogens with zero attached hydrogens (tertiary/aromatic N) is 3. The number of hydrogen-bond donors (Lipinski definition) is 0. The molecule has 0 N–H and O–H groups in total. The van der Waals surface area contributed by atoms with Gasteiger partial charge in [-0.25, -0.2) is 0 Å². The molecule has 34 heavy (non-hydrogen) atoms. The van der Waals surface area contributed by atoms with Crippen LogP contribution in [0.5, 0.6) is 11.5 Å². The van der Waals surface area contributed by atoms with E-state index in [1.165, 1.54) is 11.8 Å². The summed E-state index contributed by atoms with van der Waals surface area (Å²) in [5.74, 6) is 1.16. The molecule has 6 nitrogen and oxygen atoms in total. The van der Waals surface area contributed by atoms with Crippen molar-refractivity contribution in [2.45, 2.75) is 33.8 Å². The first-order valence-corrected chi connectivity index (χ1v) is 12.1. The number of ether oxygens (including phenoxy) is 2. The lowest BCUT2D eigenvalue weighted by molar-refractivity contribution is -0.122. The van der Waals surface area contributed by atoms with Gasteiger partial charge in [0.25, 0.3) is 5.91 Å². The van der Waals surface area contributed by atoms with Crippen molar-refractivity contribution in [3.05, 3.63) is 76.2 Å². The van der Waals surface area contributed by atoms with E-state index >= 15 is 0 Å². The van der Waals surface area contributed by atoms with E-state index in [0.717, 1.165) is 21.9 Å². The third-order valence-electron chi connectivity index (χ3n) is 5.12. The van der Waals surface area contributed by atoms with Crippen molar-refractivity contribution < 1.29 is 14.3 Å². The highest BCUT2D eigenvalue weighted by atomic mass is 32.2. The normalized spacial score (nSPS) is 15.6. The van der Waals surface area contributed by atoms with Crippen molar-refractivity contribution in [2.24, 2.45) is 4.99 Å². The van der Waals surface area contributed by atoms with E-state index in [2.05, 4.69) is 17.6 Å². The first-order chi connectivity index (χ1) is 16.6. The van der Waals surface area contributed by atoms with Gasteiger partial charge in [0, 0.05) is 24.2 Å². The van der Waals surface area contributed by atoms with Gasteiger partial charge in [0.2, 0.25) is 0 Å². The molecule has 1 aliphatic heterocycles. The number of thioether (sulfide) groups is 1. The highest BCUT2D eigenvalue weighted by Gasteiger charge is 2.32. The lowest BCUT2D eigenvalue weighted by atomic mass is 10.0. The molecule has 1 saturated heterocycles. The predicted molar refractivity (Wildman–Crippen MR) is 138 cm³/mol. The van der Waals surface area contributed by atoms with E-state index in [1.807, 2.05) is 57.2 Å². The van der Waals surface area contributed by atoms with Gasteiger partial charge in [-0.2, -0.15) is 5.26 Å². The number of carbonyl (C=O) groups is 1. The Hall–Kier alpha value is -3.50. The summed E-state index contributed by atoms with van der Waals surface area (Å²) in [6, 6.07) is 13.4. The molecule has 2 aromatic rings. The van der Waals surface area contributed by atoms with Gasteiger partial charge >= 0.3 is 0 Å². The Bertz CT molecular complexity index is 1160. The molecule has 1 fully saturated rings. The Balaban J connectivity index is 1.99. The Morgan fingerprint density at radius 2 is 1.97 bits per heavy atom. The van der Waals surface area contributed by atoms with Gasteiger partial charge in [-0.05, 0) is 68.8 Å². The van der Waals surface area contributed by atoms with Crippen molar-refractivity contribution in [2.75, 3.05) is 19.7 Å². The fraction of sp³-hybridized carbons (Fsp3) is 0.296. The molecule has 2 aromatic carbocycles. The number of carbonyl (C=O) groups excluding carboxylic acids is 1. The van der Waals surface area contributed by atoms with E-state index in [1.54, 1.807) is 17.0 Å². The van der Waals surface area contributed by atoms with Crippen LogP contribution in [0.1, 0.15) is 43.0 Å². The summed E-state index contributed by atoms with van der Waals surface area (Å²) in [4.78, 5) is 19.7. The van der Waals surface area contributed by atoms with Crippen LogP contribution in [0.15, 0.2) is 59.0 Å². The lowest BCUT2D eigenvalue weighted by Gasteiger charge is -2.17. The maximum atomic E-state index is 12.9. The Morgan fingerprint density at radius 1 is 1.18 bits per heavy atom. The standard InChI is InChI=1S/C27H29N3O3S/c1-5-11-20-14-19(16-24-26(31)30(7-3)27(34-24)29-6-2)15-23(32-8-4)25(20)33-18-22-13-10-9-12-21(22)17-28/h5,9-10,12-16H,1,6-8,11,18H2,2-4H3/b24-16-,29-27?. The number of aliphatic imine (C=N–C) groups is 1. The van der Waals surface area contributed by atoms with Gasteiger partial charge in [0.1, 0.15) is 6.61 Å². The number of benzene rings is 2. The molecule has 0 aromatic heterocycles. The lowest BCUT2D eigenvalue weighted by Crippen LogP contribution is -2.28. The Morgan fingerprint density at radius 3 is 2.65 bits per heavy atom. The first-order valence-electron chi connectivity index (χ1n) is 11.3. The molecule has 0 saturated carbocycles. The monoisotopic (exact) mass is 475 g/mol. The molecular formula is C27H29N3O3S. The number of nitriles is 1. The smallest absolute Gasteiger partial charge is 0.266 e. The average Bonchev–Trinajstić information content (AvgIpc) is 3.13. The SMILES string of the molecule is C=CCc1cc(/C=C2\SC(=NCC)N(CC)C2=O)cc(OCC)c1OCc1ccccc1C#N. The van der Waals surface area contributed by atoms with E-state index in [0.29, 0.717) is 48.1 Å². The summed E-state index contributed by atoms with van der Waals surface area (Å²) in [5.41, 5.74) is 3.12. The third kappa shape index (κ3) is 5.70. The molecule has 0 aliphatic carbocycles. The molecule has 1 heterocycles. The van der Waals surface area contributed by atoms with Crippen molar-refractivity contribution in [1.29, 1.82) is 5.26 Å². The molecular weight excluding hydrogens is 446 g/mol. The molecule has 0 atom stereocenters. The molecule has 7 heteroatoms. The van der Waals surface area contributed by atoms with Crippen LogP contribution in [0.25, 0.3) is 6.08 Å². The third-order valence-corrected chi connectivity index (χ3v) is 6.17. The fourth-order valence-corrected chi connectivity index (χ4v) is 4.70.